The fourth-order valence-electron chi connectivity index (χ4n) is 1.29. The molecule has 15 heavy (non-hydrogen) atoms. The maximum absolute atomic E-state index is 10.8. The maximum atomic E-state index is 10.8. The number of aromatic nitrogens is 1. The molecule has 76 valence electrons. The zero-order chi connectivity index (χ0) is 11.0. The first-order valence-electron chi connectivity index (χ1n) is 4.08. The van der Waals surface area contributed by atoms with Gasteiger partial charge in [0, 0.05) is 5.39 Å². The molecule has 1 N–H and O–H groups in total. The zero-order valence-electron chi connectivity index (χ0n) is 7.37. The first-order chi connectivity index (χ1) is 7.11. The van der Waals surface area contributed by atoms with Gasteiger partial charge in [-0.05, 0) is 6.07 Å². The summed E-state index contributed by atoms with van der Waals surface area (Å²) < 4.78 is 0. The van der Waals surface area contributed by atoms with E-state index in [1.165, 1.54) is 0 Å². The number of benzene rings is 1. The van der Waals surface area contributed by atoms with Crippen molar-refractivity contribution in [3.05, 3.63) is 40.0 Å². The van der Waals surface area contributed by atoms with Crippen molar-refractivity contribution in [2.24, 2.45) is 0 Å². The third-order valence-corrected chi connectivity index (χ3v) is 2.83. The first-order valence-corrected chi connectivity index (χ1v) is 4.84. The molecule has 5 heteroatoms. The summed E-state index contributed by atoms with van der Waals surface area (Å²) in [6, 6.07) is 6.96. The molecule has 0 saturated heterocycles. The SMILES string of the molecule is O=C(O)c1nc2ccccc2c(Cl)c1Cl. The lowest BCUT2D eigenvalue weighted by Gasteiger charge is -2.04. The summed E-state index contributed by atoms with van der Waals surface area (Å²) in [4.78, 5) is 14.7. The Balaban J connectivity index is 2.88. The van der Waals surface area contributed by atoms with Gasteiger partial charge in [-0.25, -0.2) is 9.78 Å². The largest absolute Gasteiger partial charge is 0.476 e. The molecule has 0 aliphatic heterocycles. The number of halogens is 2. The molecule has 0 saturated carbocycles. The number of rotatable bonds is 1. The summed E-state index contributed by atoms with van der Waals surface area (Å²) in [5.74, 6) is -1.19. The third-order valence-electron chi connectivity index (χ3n) is 1.98. The Morgan fingerprint density at radius 3 is 2.53 bits per heavy atom. The van der Waals surface area contributed by atoms with Crippen LogP contribution in [0.4, 0.5) is 0 Å². The van der Waals surface area contributed by atoms with Crippen LogP contribution in [0, 0.1) is 0 Å². The van der Waals surface area contributed by atoms with Crippen molar-refractivity contribution < 1.29 is 9.90 Å². The van der Waals surface area contributed by atoms with Gasteiger partial charge in [-0.2, -0.15) is 0 Å². The quantitative estimate of drug-likeness (QED) is 0.834. The van der Waals surface area contributed by atoms with Crippen LogP contribution < -0.4 is 0 Å². The van der Waals surface area contributed by atoms with Crippen molar-refractivity contribution in [2.45, 2.75) is 0 Å². The average molecular weight is 242 g/mol. The number of hydrogen-bond acceptors (Lipinski definition) is 2. The summed E-state index contributed by atoms with van der Waals surface area (Å²) in [6.45, 7) is 0. The average Bonchev–Trinajstić information content (AvgIpc) is 2.23. The topological polar surface area (TPSA) is 50.2 Å². The van der Waals surface area contributed by atoms with Crippen LogP contribution in [0.15, 0.2) is 24.3 Å². The lowest BCUT2D eigenvalue weighted by atomic mass is 10.2. The predicted octanol–water partition coefficient (Wildman–Crippen LogP) is 3.24. The summed E-state index contributed by atoms with van der Waals surface area (Å²) in [7, 11) is 0. The molecule has 0 bridgehead atoms. The van der Waals surface area contributed by atoms with Gasteiger partial charge in [-0.1, -0.05) is 41.4 Å². The number of carboxylic acid groups (broad SMARTS) is 1. The van der Waals surface area contributed by atoms with Crippen LogP contribution in [0.3, 0.4) is 0 Å². The van der Waals surface area contributed by atoms with Gasteiger partial charge in [0.05, 0.1) is 15.6 Å². The molecule has 1 aromatic carbocycles. The molecule has 0 spiro atoms. The zero-order valence-corrected chi connectivity index (χ0v) is 8.88. The lowest BCUT2D eigenvalue weighted by molar-refractivity contribution is 0.0691. The van der Waals surface area contributed by atoms with Gasteiger partial charge >= 0.3 is 5.97 Å². The molecule has 0 fully saturated rings. The number of carbonyl (C=O) groups is 1. The molecule has 0 atom stereocenters. The number of para-hydroxylation sites is 1. The van der Waals surface area contributed by atoms with Crippen molar-refractivity contribution in [2.75, 3.05) is 0 Å². The monoisotopic (exact) mass is 241 g/mol. The lowest BCUT2D eigenvalue weighted by Crippen LogP contribution is -2.02. The summed E-state index contributed by atoms with van der Waals surface area (Å²) in [6.07, 6.45) is 0. The van der Waals surface area contributed by atoms with E-state index < -0.39 is 5.97 Å². The Morgan fingerprint density at radius 1 is 1.20 bits per heavy atom. The van der Waals surface area contributed by atoms with Crippen LogP contribution in [0.2, 0.25) is 10.0 Å². The molecular weight excluding hydrogens is 237 g/mol. The molecule has 1 heterocycles. The normalized spacial score (nSPS) is 10.5. The Morgan fingerprint density at radius 2 is 1.87 bits per heavy atom. The van der Waals surface area contributed by atoms with Crippen LogP contribution >= 0.6 is 23.2 Å². The highest BCUT2D eigenvalue weighted by molar-refractivity contribution is 6.46. The molecule has 0 amide bonds. The second-order valence-corrected chi connectivity index (χ2v) is 3.67. The molecular formula is C10H5Cl2NO2. The molecule has 0 unspecified atom stereocenters. The highest BCUT2D eigenvalue weighted by atomic mass is 35.5. The van der Waals surface area contributed by atoms with E-state index >= 15 is 0 Å². The van der Waals surface area contributed by atoms with Gasteiger partial charge in [-0.3, -0.25) is 0 Å². The van der Waals surface area contributed by atoms with E-state index in [0.717, 1.165) is 0 Å². The van der Waals surface area contributed by atoms with Crippen LogP contribution in [0.1, 0.15) is 10.5 Å². The van der Waals surface area contributed by atoms with Crippen molar-refractivity contribution in [3.63, 3.8) is 0 Å². The van der Waals surface area contributed by atoms with Gasteiger partial charge in [-0.15, -0.1) is 0 Å². The van der Waals surface area contributed by atoms with Crippen LogP contribution in [0.25, 0.3) is 10.9 Å². The number of fused-ring (bicyclic) bond motifs is 1. The molecule has 0 aliphatic rings. The van der Waals surface area contributed by atoms with E-state index in [0.29, 0.717) is 10.9 Å². The van der Waals surface area contributed by atoms with Crippen LogP contribution in [-0.4, -0.2) is 16.1 Å². The van der Waals surface area contributed by atoms with Crippen LogP contribution in [0.5, 0.6) is 0 Å². The minimum absolute atomic E-state index is 0.0251. The van der Waals surface area contributed by atoms with Crippen LogP contribution in [-0.2, 0) is 0 Å². The van der Waals surface area contributed by atoms with Crippen molar-refractivity contribution in [1.29, 1.82) is 0 Å². The Hall–Kier alpha value is -1.32. The van der Waals surface area contributed by atoms with Crippen molar-refractivity contribution >= 4 is 40.1 Å². The Labute approximate surface area is 95.3 Å². The predicted molar refractivity (Wildman–Crippen MR) is 58.7 cm³/mol. The summed E-state index contributed by atoms with van der Waals surface area (Å²) >= 11 is 11.7. The molecule has 3 nitrogen and oxygen atoms in total. The number of hydrogen-bond donors (Lipinski definition) is 1. The Kier molecular flexibility index (Phi) is 2.50. The van der Waals surface area contributed by atoms with Gasteiger partial charge in [0.1, 0.15) is 0 Å². The second kappa shape index (κ2) is 3.68. The molecule has 2 rings (SSSR count). The molecule has 1 aromatic heterocycles. The van der Waals surface area contributed by atoms with E-state index in [2.05, 4.69) is 4.98 Å². The Bertz CT molecular complexity index is 554. The molecule has 0 radical (unpaired) electrons. The van der Waals surface area contributed by atoms with Gasteiger partial charge in [0.2, 0.25) is 0 Å². The highest BCUT2D eigenvalue weighted by Crippen LogP contribution is 2.31. The van der Waals surface area contributed by atoms with Crippen molar-refractivity contribution in [3.8, 4) is 0 Å². The maximum Gasteiger partial charge on any atom is 0.356 e. The van der Waals surface area contributed by atoms with Crippen molar-refractivity contribution in [1.82, 2.24) is 4.98 Å². The van der Waals surface area contributed by atoms with E-state index in [-0.39, 0.29) is 15.7 Å². The fraction of sp³-hybridized carbons (Fsp3) is 0. The summed E-state index contributed by atoms with van der Waals surface area (Å²) in [5, 5.41) is 9.69. The first kappa shape index (κ1) is 10.2. The number of nitrogens with zero attached hydrogens (tertiary/aromatic N) is 1. The van der Waals surface area contributed by atoms with E-state index in [9.17, 15) is 4.79 Å². The highest BCUT2D eigenvalue weighted by Gasteiger charge is 2.16. The fourth-order valence-corrected chi connectivity index (χ4v) is 1.76. The van der Waals surface area contributed by atoms with E-state index in [4.69, 9.17) is 28.3 Å². The minimum Gasteiger partial charge on any atom is -0.476 e. The smallest absolute Gasteiger partial charge is 0.356 e. The number of aromatic carboxylic acids is 1. The van der Waals surface area contributed by atoms with E-state index in [1.54, 1.807) is 24.3 Å². The van der Waals surface area contributed by atoms with Gasteiger partial charge in [0.15, 0.2) is 5.69 Å². The minimum atomic E-state index is -1.19. The molecule has 0 aliphatic carbocycles. The van der Waals surface area contributed by atoms with Gasteiger partial charge < -0.3 is 5.11 Å². The van der Waals surface area contributed by atoms with Gasteiger partial charge in [0.25, 0.3) is 0 Å². The van der Waals surface area contributed by atoms with E-state index in [1.807, 2.05) is 0 Å². The molecule has 2 aromatic rings. The number of carboxylic acids is 1. The number of pyridine rings is 1. The third kappa shape index (κ3) is 1.64. The summed E-state index contributed by atoms with van der Waals surface area (Å²) in [5.41, 5.74) is 0.296. The second-order valence-electron chi connectivity index (χ2n) is 2.91. The standard InChI is InChI=1S/C10H5Cl2NO2/c11-7-5-3-1-2-4-6(5)13-9(8(7)12)10(14)15/h1-4H,(H,14,15).